The van der Waals surface area contributed by atoms with Crippen LogP contribution in [0.5, 0.6) is 0 Å². The molecule has 0 aliphatic heterocycles. The predicted octanol–water partition coefficient (Wildman–Crippen LogP) is 4.24. The van der Waals surface area contributed by atoms with Crippen LogP contribution < -0.4 is 0 Å². The minimum atomic E-state index is -1.07. The zero-order chi connectivity index (χ0) is 18.6. The van der Waals surface area contributed by atoms with Crippen LogP contribution in [-0.2, 0) is 11.2 Å². The van der Waals surface area contributed by atoms with Gasteiger partial charge in [-0.3, -0.25) is 14.9 Å². The number of ketones is 1. The Kier molecular flexibility index (Phi) is 5.88. The van der Waals surface area contributed by atoms with Crippen molar-refractivity contribution in [3.63, 3.8) is 0 Å². The number of rotatable bonds is 6. The minimum absolute atomic E-state index is 0.128. The number of hydrogen-bond donors (Lipinski definition) is 0. The maximum atomic E-state index is 12.4. The Labute approximate surface area is 149 Å². The second-order valence-corrected chi connectivity index (χ2v) is 5.82. The van der Waals surface area contributed by atoms with Gasteiger partial charge in [-0.1, -0.05) is 42.8 Å². The van der Waals surface area contributed by atoms with Gasteiger partial charge in [0.1, 0.15) is 5.56 Å². The molecule has 0 bridgehead atoms. The smallest absolute Gasteiger partial charge is 0.345 e. The van der Waals surface area contributed by atoms with Gasteiger partial charge in [-0.2, -0.15) is 0 Å². The molecule has 0 heterocycles. The van der Waals surface area contributed by atoms with Crippen molar-refractivity contribution in [3.8, 4) is 0 Å². The summed E-state index contributed by atoms with van der Waals surface area (Å²) < 4.78 is 5.10. The van der Waals surface area contributed by atoms with Gasteiger partial charge in [-0.15, -0.1) is 0 Å². The average molecular weight is 362 g/mol. The molecule has 0 aliphatic carbocycles. The Morgan fingerprint density at radius 2 is 1.84 bits per heavy atom. The summed E-state index contributed by atoms with van der Waals surface area (Å²) in [6.45, 7) is 3.43. The molecular weight excluding hydrogens is 346 g/mol. The predicted molar refractivity (Wildman–Crippen MR) is 93.1 cm³/mol. The molecule has 130 valence electrons. The molecule has 0 fully saturated rings. The number of hydrogen-bond acceptors (Lipinski definition) is 5. The zero-order valence-electron chi connectivity index (χ0n) is 13.7. The van der Waals surface area contributed by atoms with Crippen molar-refractivity contribution in [2.75, 3.05) is 0 Å². The van der Waals surface area contributed by atoms with Crippen LogP contribution in [0.15, 0.2) is 42.5 Å². The lowest BCUT2D eigenvalue weighted by Crippen LogP contribution is -2.24. The molecule has 0 aliphatic rings. The van der Waals surface area contributed by atoms with Gasteiger partial charge in [0.2, 0.25) is 5.78 Å². The average Bonchev–Trinajstić information content (AvgIpc) is 2.60. The third-order valence-electron chi connectivity index (χ3n) is 3.68. The number of benzene rings is 2. The Hall–Kier alpha value is -2.73. The van der Waals surface area contributed by atoms with Gasteiger partial charge in [0, 0.05) is 16.7 Å². The summed E-state index contributed by atoms with van der Waals surface area (Å²) in [6, 6.07) is 10.6. The highest BCUT2D eigenvalue weighted by molar-refractivity contribution is 6.31. The highest BCUT2D eigenvalue weighted by atomic mass is 35.5. The molecule has 2 aromatic rings. The van der Waals surface area contributed by atoms with E-state index >= 15 is 0 Å². The normalized spacial score (nSPS) is 11.6. The first-order valence-corrected chi connectivity index (χ1v) is 7.99. The van der Waals surface area contributed by atoms with Gasteiger partial charge in [0.15, 0.2) is 6.10 Å². The number of halogens is 1. The maximum Gasteiger partial charge on any atom is 0.345 e. The van der Waals surface area contributed by atoms with Crippen molar-refractivity contribution < 1.29 is 19.2 Å². The number of nitrogens with zero attached hydrogens (tertiary/aromatic N) is 1. The van der Waals surface area contributed by atoms with Crippen LogP contribution in [0.1, 0.15) is 40.1 Å². The molecule has 0 saturated heterocycles. The maximum absolute atomic E-state index is 12.4. The van der Waals surface area contributed by atoms with E-state index in [1.807, 2.05) is 19.1 Å². The van der Waals surface area contributed by atoms with E-state index in [1.54, 1.807) is 12.1 Å². The van der Waals surface area contributed by atoms with E-state index in [4.69, 9.17) is 16.3 Å². The van der Waals surface area contributed by atoms with Crippen LogP contribution in [-0.4, -0.2) is 22.8 Å². The molecule has 1 atom stereocenters. The quantitative estimate of drug-likeness (QED) is 0.332. The monoisotopic (exact) mass is 361 g/mol. The van der Waals surface area contributed by atoms with Gasteiger partial charge < -0.3 is 4.74 Å². The van der Waals surface area contributed by atoms with Crippen molar-refractivity contribution in [2.24, 2.45) is 0 Å². The molecule has 25 heavy (non-hydrogen) atoms. The lowest BCUT2D eigenvalue weighted by Gasteiger charge is -2.13. The number of aryl methyl sites for hydroxylation is 1. The number of esters is 1. The highest BCUT2D eigenvalue weighted by Crippen LogP contribution is 2.24. The van der Waals surface area contributed by atoms with Crippen LogP contribution in [0.25, 0.3) is 0 Å². The SMILES string of the molecule is CCc1ccc(C(=O)C(C)OC(=O)c2ccc(Cl)cc2[N+](=O)[O-])cc1. The molecule has 0 N–H and O–H groups in total. The third-order valence-corrected chi connectivity index (χ3v) is 3.91. The number of Topliss-reactive ketones (excluding diaryl/α,β-unsaturated/α-hetero) is 1. The highest BCUT2D eigenvalue weighted by Gasteiger charge is 2.26. The molecular formula is C18H16ClNO5. The molecule has 6 nitrogen and oxygen atoms in total. The fourth-order valence-electron chi connectivity index (χ4n) is 2.25. The van der Waals surface area contributed by atoms with E-state index in [1.165, 1.54) is 19.1 Å². The second-order valence-electron chi connectivity index (χ2n) is 5.38. The van der Waals surface area contributed by atoms with Gasteiger partial charge in [0.05, 0.1) is 4.92 Å². The molecule has 2 rings (SSSR count). The van der Waals surface area contributed by atoms with E-state index in [2.05, 4.69) is 0 Å². The second kappa shape index (κ2) is 7.90. The van der Waals surface area contributed by atoms with Crippen LogP contribution >= 0.6 is 11.6 Å². The molecule has 0 amide bonds. The lowest BCUT2D eigenvalue weighted by atomic mass is 10.0. The Morgan fingerprint density at radius 3 is 2.40 bits per heavy atom. The zero-order valence-corrected chi connectivity index (χ0v) is 14.4. The minimum Gasteiger partial charge on any atom is -0.450 e. The van der Waals surface area contributed by atoms with Gasteiger partial charge in [0.25, 0.3) is 5.69 Å². The first-order chi connectivity index (χ1) is 11.8. The van der Waals surface area contributed by atoms with E-state index in [0.29, 0.717) is 5.56 Å². The van der Waals surface area contributed by atoms with Crippen molar-refractivity contribution in [1.29, 1.82) is 0 Å². The summed E-state index contributed by atoms with van der Waals surface area (Å²) in [5.74, 6) is -1.33. The molecule has 0 saturated carbocycles. The summed E-state index contributed by atoms with van der Waals surface area (Å²) in [5.41, 5.74) is 0.765. The molecule has 0 aromatic heterocycles. The van der Waals surface area contributed by atoms with Crippen molar-refractivity contribution in [3.05, 3.63) is 74.3 Å². The topological polar surface area (TPSA) is 86.5 Å². The van der Waals surface area contributed by atoms with Gasteiger partial charge >= 0.3 is 5.97 Å². The summed E-state index contributed by atoms with van der Waals surface area (Å²) in [6.07, 6.45) is -0.227. The summed E-state index contributed by atoms with van der Waals surface area (Å²) >= 11 is 5.72. The van der Waals surface area contributed by atoms with Crippen LogP contribution in [0, 0.1) is 10.1 Å². The van der Waals surface area contributed by atoms with Crippen LogP contribution in [0.4, 0.5) is 5.69 Å². The number of nitro benzene ring substituents is 1. The molecule has 0 spiro atoms. The number of carbonyl (C=O) groups is 2. The number of carbonyl (C=O) groups excluding carboxylic acids is 2. The van der Waals surface area contributed by atoms with Crippen molar-refractivity contribution in [2.45, 2.75) is 26.4 Å². The first kappa shape index (κ1) is 18.6. The molecule has 2 aromatic carbocycles. The number of nitro groups is 1. The Bertz CT molecular complexity index is 817. The van der Waals surface area contributed by atoms with Gasteiger partial charge in [-0.25, -0.2) is 4.79 Å². The largest absolute Gasteiger partial charge is 0.450 e. The summed E-state index contributed by atoms with van der Waals surface area (Å²) in [7, 11) is 0. The fraction of sp³-hybridized carbons (Fsp3) is 0.222. The standard InChI is InChI=1S/C18H16ClNO5/c1-3-12-4-6-13(7-5-12)17(21)11(2)25-18(22)15-9-8-14(19)10-16(15)20(23)24/h4-11H,3H2,1-2H3. The van der Waals surface area contributed by atoms with Gasteiger partial charge in [-0.05, 0) is 31.0 Å². The lowest BCUT2D eigenvalue weighted by molar-refractivity contribution is -0.385. The Morgan fingerprint density at radius 1 is 1.20 bits per heavy atom. The Balaban J connectivity index is 2.16. The van der Waals surface area contributed by atoms with E-state index in [0.717, 1.165) is 18.1 Å². The molecule has 1 unspecified atom stereocenters. The van der Waals surface area contributed by atoms with Crippen molar-refractivity contribution in [1.82, 2.24) is 0 Å². The summed E-state index contributed by atoms with van der Waals surface area (Å²) in [5, 5.41) is 11.2. The van der Waals surface area contributed by atoms with E-state index in [-0.39, 0.29) is 16.4 Å². The third kappa shape index (κ3) is 4.42. The van der Waals surface area contributed by atoms with Crippen LogP contribution in [0.2, 0.25) is 5.02 Å². The number of ether oxygens (including phenoxy) is 1. The molecule has 0 radical (unpaired) electrons. The van der Waals surface area contributed by atoms with E-state index < -0.39 is 22.7 Å². The van der Waals surface area contributed by atoms with Crippen LogP contribution in [0.3, 0.4) is 0 Å². The van der Waals surface area contributed by atoms with E-state index in [9.17, 15) is 19.7 Å². The molecule has 7 heteroatoms. The first-order valence-electron chi connectivity index (χ1n) is 7.61. The van der Waals surface area contributed by atoms with Crippen molar-refractivity contribution >= 4 is 29.0 Å². The summed E-state index contributed by atoms with van der Waals surface area (Å²) in [4.78, 5) is 34.9. The fourth-order valence-corrected chi connectivity index (χ4v) is 2.41.